The third-order valence-corrected chi connectivity index (χ3v) is 3.41. The highest BCUT2D eigenvalue weighted by Gasteiger charge is 2.16. The van der Waals surface area contributed by atoms with Gasteiger partial charge in [0, 0.05) is 30.2 Å². The molecule has 17 heavy (non-hydrogen) atoms. The number of rotatable bonds is 4. The fraction of sp³-hybridized carbons (Fsp3) is 0.500. The van der Waals surface area contributed by atoms with Gasteiger partial charge in [0.05, 0.1) is 12.7 Å². The normalized spacial score (nSPS) is 21.4. The van der Waals surface area contributed by atoms with Crippen molar-refractivity contribution >= 4 is 17.6 Å². The van der Waals surface area contributed by atoms with Gasteiger partial charge >= 0.3 is 0 Å². The SMILES string of the molecule is CN1CCOC(CNc2ccc(SN)cc2)C1. The van der Waals surface area contributed by atoms with E-state index in [1.165, 1.54) is 11.9 Å². The maximum atomic E-state index is 5.69. The molecule has 0 amide bonds. The standard InChI is InChI=1S/C12H19N3OS/c1-15-6-7-16-11(9-15)8-14-10-2-4-12(17-13)5-3-10/h2-5,11,14H,6-9,13H2,1H3. The lowest BCUT2D eigenvalue weighted by atomic mass is 10.2. The summed E-state index contributed by atoms with van der Waals surface area (Å²) in [6, 6.07) is 8.12. The van der Waals surface area contributed by atoms with Gasteiger partial charge in [0.1, 0.15) is 0 Å². The zero-order valence-electron chi connectivity index (χ0n) is 10.1. The Labute approximate surface area is 107 Å². The highest BCUT2D eigenvalue weighted by molar-refractivity contribution is 7.97. The second kappa shape index (κ2) is 6.26. The summed E-state index contributed by atoms with van der Waals surface area (Å²) in [6.45, 7) is 3.69. The van der Waals surface area contributed by atoms with Crippen molar-refractivity contribution in [1.82, 2.24) is 4.90 Å². The Bertz CT molecular complexity index is 344. The molecule has 1 aliphatic heterocycles. The number of nitrogens with one attached hydrogen (secondary N) is 1. The van der Waals surface area contributed by atoms with Crippen LogP contribution in [0.3, 0.4) is 0 Å². The average Bonchev–Trinajstić information content (AvgIpc) is 2.37. The van der Waals surface area contributed by atoms with Gasteiger partial charge in [0.15, 0.2) is 0 Å². The zero-order valence-corrected chi connectivity index (χ0v) is 10.9. The van der Waals surface area contributed by atoms with Gasteiger partial charge in [0.2, 0.25) is 0 Å². The van der Waals surface area contributed by atoms with Crippen molar-refractivity contribution in [3.63, 3.8) is 0 Å². The van der Waals surface area contributed by atoms with E-state index in [2.05, 4.69) is 17.3 Å². The molecular formula is C12H19N3OS. The Balaban J connectivity index is 1.80. The molecule has 0 aromatic heterocycles. The largest absolute Gasteiger partial charge is 0.382 e. The second-order valence-electron chi connectivity index (χ2n) is 4.28. The van der Waals surface area contributed by atoms with Crippen LogP contribution in [0.15, 0.2) is 29.2 Å². The summed E-state index contributed by atoms with van der Waals surface area (Å²) in [5.74, 6) is 0. The van der Waals surface area contributed by atoms with Crippen molar-refractivity contribution in [3.05, 3.63) is 24.3 Å². The average molecular weight is 253 g/mol. The van der Waals surface area contributed by atoms with Gasteiger partial charge < -0.3 is 15.0 Å². The lowest BCUT2D eigenvalue weighted by molar-refractivity contribution is -0.0117. The molecule has 0 saturated carbocycles. The van der Waals surface area contributed by atoms with Gasteiger partial charge in [-0.25, -0.2) is 0 Å². The predicted molar refractivity (Wildman–Crippen MR) is 72.2 cm³/mol. The van der Waals surface area contributed by atoms with Crippen molar-refractivity contribution in [2.45, 2.75) is 11.0 Å². The molecule has 1 fully saturated rings. The minimum Gasteiger partial charge on any atom is -0.382 e. The summed E-state index contributed by atoms with van der Waals surface area (Å²) < 4.78 is 5.69. The van der Waals surface area contributed by atoms with Gasteiger partial charge in [-0.3, -0.25) is 5.14 Å². The van der Waals surface area contributed by atoms with E-state index in [1.807, 2.05) is 24.3 Å². The predicted octanol–water partition coefficient (Wildman–Crippen LogP) is 1.39. The van der Waals surface area contributed by atoms with Gasteiger partial charge in [-0.2, -0.15) is 0 Å². The molecule has 1 unspecified atom stereocenters. The molecule has 1 aliphatic rings. The molecule has 1 atom stereocenters. The number of nitrogens with two attached hydrogens (primary N) is 1. The van der Waals surface area contributed by atoms with Gasteiger partial charge in [-0.05, 0) is 43.3 Å². The quantitative estimate of drug-likeness (QED) is 0.794. The third kappa shape index (κ3) is 3.89. The van der Waals surface area contributed by atoms with E-state index in [9.17, 15) is 0 Å². The number of hydrogen-bond acceptors (Lipinski definition) is 5. The number of nitrogens with zero attached hydrogens (tertiary/aromatic N) is 1. The summed E-state index contributed by atoms with van der Waals surface area (Å²) in [7, 11) is 2.13. The number of hydrogen-bond donors (Lipinski definition) is 2. The number of likely N-dealkylation sites (N-methyl/N-ethyl adjacent to an activating group) is 1. The van der Waals surface area contributed by atoms with E-state index in [0.29, 0.717) is 0 Å². The number of anilines is 1. The molecule has 94 valence electrons. The topological polar surface area (TPSA) is 50.5 Å². The summed E-state index contributed by atoms with van der Waals surface area (Å²) in [4.78, 5) is 3.37. The van der Waals surface area contributed by atoms with Crippen molar-refractivity contribution < 1.29 is 4.74 Å². The first-order valence-corrected chi connectivity index (χ1v) is 6.66. The minimum absolute atomic E-state index is 0.275. The monoisotopic (exact) mass is 253 g/mol. The van der Waals surface area contributed by atoms with Crippen LogP contribution in [0.1, 0.15) is 0 Å². The number of ether oxygens (including phenoxy) is 1. The summed E-state index contributed by atoms with van der Waals surface area (Å²) in [5.41, 5.74) is 1.11. The molecule has 0 bridgehead atoms. The fourth-order valence-electron chi connectivity index (χ4n) is 1.87. The Kier molecular flexibility index (Phi) is 4.67. The van der Waals surface area contributed by atoms with Gasteiger partial charge in [0.25, 0.3) is 0 Å². The minimum atomic E-state index is 0.275. The Morgan fingerprint density at radius 3 is 2.88 bits per heavy atom. The molecule has 2 rings (SSSR count). The van der Waals surface area contributed by atoms with Crippen molar-refractivity contribution in [1.29, 1.82) is 0 Å². The summed E-state index contributed by atoms with van der Waals surface area (Å²) in [6.07, 6.45) is 0.275. The van der Waals surface area contributed by atoms with Gasteiger partial charge in [-0.15, -0.1) is 0 Å². The first-order valence-electron chi connectivity index (χ1n) is 5.79. The molecule has 1 saturated heterocycles. The highest BCUT2D eigenvalue weighted by Crippen LogP contribution is 2.15. The van der Waals surface area contributed by atoms with E-state index in [4.69, 9.17) is 9.88 Å². The first-order chi connectivity index (χ1) is 8.28. The first kappa shape index (κ1) is 12.7. The van der Waals surface area contributed by atoms with E-state index in [1.54, 1.807) is 0 Å². The Morgan fingerprint density at radius 1 is 1.47 bits per heavy atom. The summed E-state index contributed by atoms with van der Waals surface area (Å²) >= 11 is 1.26. The lowest BCUT2D eigenvalue weighted by Gasteiger charge is -2.30. The van der Waals surface area contributed by atoms with Crippen LogP contribution in [0.2, 0.25) is 0 Å². The van der Waals surface area contributed by atoms with E-state index in [-0.39, 0.29) is 6.10 Å². The molecule has 0 spiro atoms. The molecule has 0 radical (unpaired) electrons. The maximum absolute atomic E-state index is 5.69. The van der Waals surface area contributed by atoms with Crippen molar-refractivity contribution in [2.24, 2.45) is 5.14 Å². The van der Waals surface area contributed by atoms with Crippen molar-refractivity contribution in [3.8, 4) is 0 Å². The number of benzene rings is 1. The Morgan fingerprint density at radius 2 is 2.24 bits per heavy atom. The van der Waals surface area contributed by atoms with Crippen LogP contribution in [0.4, 0.5) is 5.69 Å². The molecule has 0 aliphatic carbocycles. The molecule has 1 heterocycles. The Hall–Kier alpha value is -0.750. The van der Waals surface area contributed by atoms with Crippen LogP contribution in [0.25, 0.3) is 0 Å². The number of morpholine rings is 1. The van der Waals surface area contributed by atoms with Crippen molar-refractivity contribution in [2.75, 3.05) is 38.6 Å². The smallest absolute Gasteiger partial charge is 0.0874 e. The molecule has 4 nitrogen and oxygen atoms in total. The maximum Gasteiger partial charge on any atom is 0.0874 e. The molecule has 5 heteroatoms. The molecular weight excluding hydrogens is 234 g/mol. The fourth-order valence-corrected chi connectivity index (χ4v) is 2.17. The summed E-state index contributed by atoms with van der Waals surface area (Å²) in [5, 5.41) is 8.86. The second-order valence-corrected chi connectivity index (χ2v) is 4.99. The van der Waals surface area contributed by atoms with Crippen LogP contribution in [-0.4, -0.2) is 44.3 Å². The van der Waals surface area contributed by atoms with Crippen LogP contribution in [-0.2, 0) is 4.74 Å². The van der Waals surface area contributed by atoms with E-state index < -0.39 is 0 Å². The van der Waals surface area contributed by atoms with Crippen LogP contribution >= 0.6 is 11.9 Å². The molecule has 1 aromatic carbocycles. The van der Waals surface area contributed by atoms with Crippen LogP contribution in [0, 0.1) is 0 Å². The van der Waals surface area contributed by atoms with Gasteiger partial charge in [-0.1, -0.05) is 0 Å². The molecule has 1 aromatic rings. The highest BCUT2D eigenvalue weighted by atomic mass is 32.2. The third-order valence-electron chi connectivity index (χ3n) is 2.87. The van der Waals surface area contributed by atoms with E-state index >= 15 is 0 Å². The van der Waals surface area contributed by atoms with Crippen LogP contribution < -0.4 is 10.5 Å². The van der Waals surface area contributed by atoms with Crippen LogP contribution in [0.5, 0.6) is 0 Å². The molecule has 3 N–H and O–H groups in total. The zero-order chi connectivity index (χ0) is 12.1. The lowest BCUT2D eigenvalue weighted by Crippen LogP contribution is -2.43. The van der Waals surface area contributed by atoms with E-state index in [0.717, 1.165) is 36.8 Å².